The first-order chi connectivity index (χ1) is 10.4. The van der Waals surface area contributed by atoms with E-state index in [9.17, 15) is 4.79 Å². The van der Waals surface area contributed by atoms with E-state index in [0.717, 1.165) is 0 Å². The number of halogens is 2. The molecule has 0 radical (unpaired) electrons. The van der Waals surface area contributed by atoms with Gasteiger partial charge in [0.15, 0.2) is 5.75 Å². The molecule has 116 valence electrons. The summed E-state index contributed by atoms with van der Waals surface area (Å²) in [5, 5.41) is 3.43. The van der Waals surface area contributed by atoms with Crippen molar-refractivity contribution < 1.29 is 9.53 Å². The molecule has 0 aliphatic rings. The Morgan fingerprint density at radius 2 is 1.64 bits per heavy atom. The second-order valence-corrected chi connectivity index (χ2v) is 5.98. The molecule has 2 rings (SSSR count). The Morgan fingerprint density at radius 1 is 1.05 bits per heavy atom. The number of hydrogen-bond acceptors (Lipinski definition) is 2. The number of hydrogen-bond donors (Lipinski definition) is 1. The molecule has 0 unspecified atom stereocenters. The van der Waals surface area contributed by atoms with Crippen LogP contribution in [0, 0.1) is 0 Å². The van der Waals surface area contributed by atoms with Crippen LogP contribution in [0.3, 0.4) is 0 Å². The first-order valence-electron chi connectivity index (χ1n) is 6.87. The van der Waals surface area contributed by atoms with Crippen molar-refractivity contribution in [2.24, 2.45) is 0 Å². The van der Waals surface area contributed by atoms with Crippen LogP contribution in [-0.4, -0.2) is 13.0 Å². The van der Waals surface area contributed by atoms with Gasteiger partial charge in [-0.25, -0.2) is 0 Å². The lowest BCUT2D eigenvalue weighted by molar-refractivity contribution is 0.102. The van der Waals surface area contributed by atoms with Gasteiger partial charge in [0.2, 0.25) is 0 Å². The van der Waals surface area contributed by atoms with E-state index in [1.165, 1.54) is 12.7 Å². The van der Waals surface area contributed by atoms with Crippen molar-refractivity contribution in [1.29, 1.82) is 0 Å². The fourth-order valence-corrected chi connectivity index (χ4v) is 2.56. The minimum absolute atomic E-state index is 0.226. The first-order valence-corrected chi connectivity index (χ1v) is 7.63. The average Bonchev–Trinajstić information content (AvgIpc) is 2.49. The smallest absolute Gasteiger partial charge is 0.261 e. The van der Waals surface area contributed by atoms with Gasteiger partial charge in [0.1, 0.15) is 5.56 Å². The highest BCUT2D eigenvalue weighted by molar-refractivity contribution is 6.37. The van der Waals surface area contributed by atoms with Crippen LogP contribution < -0.4 is 10.1 Å². The van der Waals surface area contributed by atoms with E-state index in [0.29, 0.717) is 16.6 Å². The quantitative estimate of drug-likeness (QED) is 0.813. The van der Waals surface area contributed by atoms with Crippen LogP contribution in [-0.2, 0) is 0 Å². The Hall–Kier alpha value is -1.71. The Bertz CT molecular complexity index is 682. The predicted molar refractivity (Wildman–Crippen MR) is 91.5 cm³/mol. The number of rotatable bonds is 4. The van der Waals surface area contributed by atoms with Crippen LogP contribution in [0.5, 0.6) is 5.75 Å². The minimum Gasteiger partial charge on any atom is -0.494 e. The van der Waals surface area contributed by atoms with Crippen molar-refractivity contribution in [3.05, 3.63) is 57.6 Å². The van der Waals surface area contributed by atoms with E-state index in [4.69, 9.17) is 27.9 Å². The first kappa shape index (κ1) is 16.7. The van der Waals surface area contributed by atoms with Gasteiger partial charge >= 0.3 is 0 Å². The SMILES string of the molecule is COc1c(Cl)ccc(Cl)c1C(=O)Nc1ccc(C(C)C)cc1. The van der Waals surface area contributed by atoms with Crippen molar-refractivity contribution >= 4 is 34.8 Å². The molecule has 0 aromatic heterocycles. The molecular weight excluding hydrogens is 321 g/mol. The summed E-state index contributed by atoms with van der Waals surface area (Å²) in [5.41, 5.74) is 2.12. The summed E-state index contributed by atoms with van der Waals surface area (Å²) in [6.07, 6.45) is 0. The molecule has 0 saturated heterocycles. The third-order valence-electron chi connectivity index (χ3n) is 3.33. The zero-order chi connectivity index (χ0) is 16.3. The maximum Gasteiger partial charge on any atom is 0.261 e. The monoisotopic (exact) mass is 337 g/mol. The van der Waals surface area contributed by atoms with Gasteiger partial charge in [-0.2, -0.15) is 0 Å². The lowest BCUT2D eigenvalue weighted by Crippen LogP contribution is -2.14. The van der Waals surface area contributed by atoms with Crippen LogP contribution >= 0.6 is 23.2 Å². The second kappa shape index (κ2) is 7.03. The van der Waals surface area contributed by atoms with Gasteiger partial charge < -0.3 is 10.1 Å². The highest BCUT2D eigenvalue weighted by atomic mass is 35.5. The highest BCUT2D eigenvalue weighted by Gasteiger charge is 2.19. The standard InChI is InChI=1S/C17H17Cl2NO2/c1-10(2)11-4-6-12(7-5-11)20-17(21)15-13(18)8-9-14(19)16(15)22-3/h4-10H,1-3H3,(H,20,21). The summed E-state index contributed by atoms with van der Waals surface area (Å²) in [6.45, 7) is 4.23. The van der Waals surface area contributed by atoms with E-state index >= 15 is 0 Å². The van der Waals surface area contributed by atoms with Crippen LogP contribution in [0.15, 0.2) is 36.4 Å². The topological polar surface area (TPSA) is 38.3 Å². The zero-order valence-corrected chi connectivity index (χ0v) is 14.1. The van der Waals surface area contributed by atoms with Gasteiger partial charge in [0.25, 0.3) is 5.91 Å². The summed E-state index contributed by atoms with van der Waals surface area (Å²) >= 11 is 12.1. The minimum atomic E-state index is -0.360. The molecule has 0 heterocycles. The number of benzene rings is 2. The van der Waals surface area contributed by atoms with E-state index in [-0.39, 0.29) is 22.2 Å². The second-order valence-electron chi connectivity index (χ2n) is 5.17. The third-order valence-corrected chi connectivity index (χ3v) is 3.94. The molecule has 0 aliphatic heterocycles. The maximum atomic E-state index is 12.5. The van der Waals surface area contributed by atoms with Gasteiger partial charge in [0, 0.05) is 5.69 Å². The Morgan fingerprint density at radius 3 is 2.18 bits per heavy atom. The molecule has 0 aliphatic carbocycles. The van der Waals surface area contributed by atoms with Crippen molar-refractivity contribution in [2.45, 2.75) is 19.8 Å². The number of carbonyl (C=O) groups is 1. The van der Waals surface area contributed by atoms with E-state index in [2.05, 4.69) is 19.2 Å². The molecule has 2 aromatic carbocycles. The number of amides is 1. The molecule has 0 saturated carbocycles. The molecule has 3 nitrogen and oxygen atoms in total. The fraction of sp³-hybridized carbons (Fsp3) is 0.235. The van der Waals surface area contributed by atoms with E-state index in [1.54, 1.807) is 12.1 Å². The van der Waals surface area contributed by atoms with Crippen molar-refractivity contribution in [3.63, 3.8) is 0 Å². The predicted octanol–water partition coefficient (Wildman–Crippen LogP) is 5.38. The summed E-state index contributed by atoms with van der Waals surface area (Å²) in [6, 6.07) is 10.9. The Labute approximate surface area is 140 Å². The number of nitrogens with one attached hydrogen (secondary N) is 1. The van der Waals surface area contributed by atoms with Crippen LogP contribution in [0.4, 0.5) is 5.69 Å². The number of carbonyl (C=O) groups excluding carboxylic acids is 1. The molecule has 2 aromatic rings. The molecule has 0 atom stereocenters. The molecule has 0 fully saturated rings. The molecule has 0 spiro atoms. The molecule has 0 bridgehead atoms. The summed E-state index contributed by atoms with van der Waals surface area (Å²) in [4.78, 5) is 12.5. The third kappa shape index (κ3) is 3.54. The van der Waals surface area contributed by atoms with E-state index < -0.39 is 0 Å². The largest absolute Gasteiger partial charge is 0.494 e. The van der Waals surface area contributed by atoms with Crippen LogP contribution in [0.25, 0.3) is 0 Å². The number of anilines is 1. The number of ether oxygens (including phenoxy) is 1. The normalized spacial score (nSPS) is 10.6. The van der Waals surface area contributed by atoms with Crippen molar-refractivity contribution in [3.8, 4) is 5.75 Å². The summed E-state index contributed by atoms with van der Waals surface area (Å²) in [7, 11) is 1.45. The molecule has 1 amide bonds. The van der Waals surface area contributed by atoms with Gasteiger partial charge in [-0.1, -0.05) is 49.2 Å². The van der Waals surface area contributed by atoms with Crippen molar-refractivity contribution in [2.75, 3.05) is 12.4 Å². The van der Waals surface area contributed by atoms with Crippen LogP contribution in [0.2, 0.25) is 10.0 Å². The molecular formula is C17H17Cl2NO2. The molecule has 5 heteroatoms. The lowest BCUT2D eigenvalue weighted by Gasteiger charge is -2.13. The summed E-state index contributed by atoms with van der Waals surface area (Å²) < 4.78 is 5.19. The van der Waals surface area contributed by atoms with E-state index in [1.807, 2.05) is 24.3 Å². The fourth-order valence-electron chi connectivity index (χ4n) is 2.09. The molecule has 22 heavy (non-hydrogen) atoms. The average molecular weight is 338 g/mol. The molecule has 1 N–H and O–H groups in total. The van der Waals surface area contributed by atoms with Crippen molar-refractivity contribution in [1.82, 2.24) is 0 Å². The van der Waals surface area contributed by atoms with Gasteiger partial charge in [-0.3, -0.25) is 4.79 Å². The highest BCUT2D eigenvalue weighted by Crippen LogP contribution is 2.34. The van der Waals surface area contributed by atoms with Gasteiger partial charge in [-0.15, -0.1) is 0 Å². The van der Waals surface area contributed by atoms with Crippen LogP contribution in [0.1, 0.15) is 35.7 Å². The Kier molecular flexibility index (Phi) is 5.33. The Balaban J connectivity index is 2.28. The van der Waals surface area contributed by atoms with Gasteiger partial charge in [-0.05, 0) is 35.7 Å². The summed E-state index contributed by atoms with van der Waals surface area (Å²) in [5.74, 6) is 0.347. The maximum absolute atomic E-state index is 12.5. The number of methoxy groups -OCH3 is 1. The van der Waals surface area contributed by atoms with Gasteiger partial charge in [0.05, 0.1) is 17.2 Å². The lowest BCUT2D eigenvalue weighted by atomic mass is 10.0. The zero-order valence-electron chi connectivity index (χ0n) is 12.6.